The second-order valence-corrected chi connectivity index (χ2v) is 9.55. The fourth-order valence-electron chi connectivity index (χ4n) is 3.64. The summed E-state index contributed by atoms with van der Waals surface area (Å²) < 4.78 is 9.18. The molecule has 6 nitrogen and oxygen atoms in total. The molecule has 1 aromatic heterocycles. The Labute approximate surface area is 174 Å². The zero-order valence-corrected chi connectivity index (χ0v) is 18.5. The van der Waals surface area contributed by atoms with Gasteiger partial charge in [-0.1, -0.05) is 11.6 Å². The van der Waals surface area contributed by atoms with E-state index in [2.05, 4.69) is 0 Å². The van der Waals surface area contributed by atoms with Gasteiger partial charge in [0.2, 0.25) is 0 Å². The maximum absolute atomic E-state index is 13.2. The van der Waals surface area contributed by atoms with Crippen LogP contribution in [0.1, 0.15) is 39.7 Å². The van der Waals surface area contributed by atoms with E-state index in [1.165, 1.54) is 0 Å². The van der Waals surface area contributed by atoms with Crippen LogP contribution in [0, 0.1) is 0 Å². The molecule has 0 spiro atoms. The van der Waals surface area contributed by atoms with Crippen LogP contribution in [0.3, 0.4) is 0 Å². The lowest BCUT2D eigenvalue weighted by molar-refractivity contribution is 0.0188. The Balaban J connectivity index is 1.84. The molecule has 0 bridgehead atoms. The van der Waals surface area contributed by atoms with Crippen molar-refractivity contribution >= 4 is 40.5 Å². The highest BCUT2D eigenvalue weighted by atomic mass is 35.5. The quantitative estimate of drug-likeness (QED) is 0.728. The van der Waals surface area contributed by atoms with Crippen LogP contribution in [0.2, 0.25) is 5.02 Å². The standard InChI is InChI=1S/C20H28ClN3O3S/c1-20(2,3)27-19(26)22-9-7-15(8-10-22)24-16-6-5-14(21)13-17(16)23(18(24)25)11-12-28-4/h5-6,13,15H,7-12H2,1-4H3. The molecule has 0 N–H and O–H groups in total. The number of ether oxygens (including phenoxy) is 1. The van der Waals surface area contributed by atoms with Crippen molar-refractivity contribution in [2.75, 3.05) is 25.1 Å². The predicted octanol–water partition coefficient (Wildman–Crippen LogP) is 4.39. The van der Waals surface area contributed by atoms with E-state index in [9.17, 15) is 9.59 Å². The number of thioether (sulfide) groups is 1. The van der Waals surface area contributed by atoms with Crippen LogP contribution in [0.4, 0.5) is 4.79 Å². The monoisotopic (exact) mass is 425 g/mol. The van der Waals surface area contributed by atoms with Crippen molar-refractivity contribution in [1.82, 2.24) is 14.0 Å². The lowest BCUT2D eigenvalue weighted by atomic mass is 10.0. The summed E-state index contributed by atoms with van der Waals surface area (Å²) in [4.78, 5) is 27.2. The van der Waals surface area contributed by atoms with Crippen LogP contribution >= 0.6 is 23.4 Å². The number of imidazole rings is 1. The van der Waals surface area contributed by atoms with Gasteiger partial charge in [-0.25, -0.2) is 9.59 Å². The summed E-state index contributed by atoms with van der Waals surface area (Å²) in [7, 11) is 0. The minimum absolute atomic E-state index is 0.00188. The van der Waals surface area contributed by atoms with E-state index in [-0.39, 0.29) is 17.8 Å². The van der Waals surface area contributed by atoms with Crippen molar-refractivity contribution in [3.63, 3.8) is 0 Å². The average Bonchev–Trinajstić information content (AvgIpc) is 2.89. The first kappa shape index (κ1) is 21.1. The lowest BCUT2D eigenvalue weighted by Crippen LogP contribution is -2.43. The second-order valence-electron chi connectivity index (χ2n) is 8.13. The van der Waals surface area contributed by atoms with Crippen LogP contribution in [0.5, 0.6) is 0 Å². The molecule has 1 aromatic carbocycles. The van der Waals surface area contributed by atoms with Gasteiger partial charge in [-0.05, 0) is 58.1 Å². The second kappa shape index (κ2) is 8.41. The lowest BCUT2D eigenvalue weighted by Gasteiger charge is -2.33. The maximum atomic E-state index is 13.2. The number of fused-ring (bicyclic) bond motifs is 1. The van der Waals surface area contributed by atoms with Crippen molar-refractivity contribution in [2.24, 2.45) is 0 Å². The molecule has 3 rings (SSSR count). The molecular weight excluding hydrogens is 398 g/mol. The summed E-state index contributed by atoms with van der Waals surface area (Å²) in [5, 5.41) is 0.627. The molecule has 1 saturated heterocycles. The van der Waals surface area contributed by atoms with Gasteiger partial charge in [0.05, 0.1) is 11.0 Å². The number of aryl methyl sites for hydroxylation is 1. The van der Waals surface area contributed by atoms with Gasteiger partial charge in [-0.15, -0.1) is 0 Å². The number of amides is 1. The molecular formula is C20H28ClN3O3S. The van der Waals surface area contributed by atoms with Gasteiger partial charge in [-0.2, -0.15) is 11.8 Å². The first-order valence-corrected chi connectivity index (χ1v) is 11.4. The summed E-state index contributed by atoms with van der Waals surface area (Å²) in [6.07, 6.45) is 3.20. The maximum Gasteiger partial charge on any atom is 0.410 e. The van der Waals surface area contributed by atoms with Crippen LogP contribution in [-0.2, 0) is 11.3 Å². The summed E-state index contributed by atoms with van der Waals surface area (Å²) in [5.74, 6) is 0.864. The van der Waals surface area contributed by atoms with Crippen LogP contribution in [-0.4, -0.2) is 50.8 Å². The number of aromatic nitrogens is 2. The van der Waals surface area contributed by atoms with Gasteiger partial charge >= 0.3 is 11.8 Å². The van der Waals surface area contributed by atoms with Gasteiger partial charge in [0.1, 0.15) is 5.60 Å². The van der Waals surface area contributed by atoms with Gasteiger partial charge in [-0.3, -0.25) is 9.13 Å². The fourth-order valence-corrected chi connectivity index (χ4v) is 4.17. The van der Waals surface area contributed by atoms with Crippen LogP contribution < -0.4 is 5.69 Å². The van der Waals surface area contributed by atoms with Crippen molar-refractivity contribution in [1.29, 1.82) is 0 Å². The minimum atomic E-state index is -0.505. The molecule has 1 aliphatic heterocycles. The molecule has 154 valence electrons. The summed E-state index contributed by atoms with van der Waals surface area (Å²) >= 11 is 7.90. The number of rotatable bonds is 4. The Morgan fingerprint density at radius 3 is 2.54 bits per heavy atom. The van der Waals surface area contributed by atoms with Gasteiger partial charge in [0.25, 0.3) is 0 Å². The fraction of sp³-hybridized carbons (Fsp3) is 0.600. The van der Waals surface area contributed by atoms with Gasteiger partial charge in [0.15, 0.2) is 0 Å². The number of hydrogen-bond donors (Lipinski definition) is 0. The highest BCUT2D eigenvalue weighted by Crippen LogP contribution is 2.28. The third-order valence-corrected chi connectivity index (χ3v) is 5.75. The number of carbonyl (C=O) groups is 1. The number of likely N-dealkylation sites (tertiary alicyclic amines) is 1. The largest absolute Gasteiger partial charge is 0.444 e. The summed E-state index contributed by atoms with van der Waals surface area (Å²) in [6.45, 7) is 7.41. The third-order valence-electron chi connectivity index (χ3n) is 4.93. The van der Waals surface area contributed by atoms with E-state index in [1.54, 1.807) is 16.7 Å². The van der Waals surface area contributed by atoms with Crippen LogP contribution in [0.15, 0.2) is 23.0 Å². The molecule has 0 unspecified atom stereocenters. The van der Waals surface area contributed by atoms with Crippen molar-refractivity contribution in [3.8, 4) is 0 Å². The molecule has 28 heavy (non-hydrogen) atoms. The average molecular weight is 426 g/mol. The molecule has 0 saturated carbocycles. The number of halogens is 1. The van der Waals surface area contributed by atoms with Crippen molar-refractivity contribution in [2.45, 2.75) is 51.8 Å². The van der Waals surface area contributed by atoms with E-state index in [1.807, 2.05) is 54.4 Å². The topological polar surface area (TPSA) is 56.5 Å². The van der Waals surface area contributed by atoms with E-state index in [0.29, 0.717) is 24.7 Å². The van der Waals surface area contributed by atoms with Crippen LogP contribution in [0.25, 0.3) is 11.0 Å². The molecule has 1 aliphatic rings. The number of piperidine rings is 1. The highest BCUT2D eigenvalue weighted by Gasteiger charge is 2.29. The first-order chi connectivity index (χ1) is 13.2. The Morgan fingerprint density at radius 2 is 1.93 bits per heavy atom. The van der Waals surface area contributed by atoms with Gasteiger partial charge < -0.3 is 9.64 Å². The molecule has 2 aromatic rings. The smallest absolute Gasteiger partial charge is 0.410 e. The molecule has 0 atom stereocenters. The molecule has 2 heterocycles. The highest BCUT2D eigenvalue weighted by molar-refractivity contribution is 7.98. The zero-order chi connectivity index (χ0) is 20.5. The van der Waals surface area contributed by atoms with Crippen molar-refractivity contribution in [3.05, 3.63) is 33.7 Å². The summed E-state index contributed by atoms with van der Waals surface area (Å²) in [6, 6.07) is 5.68. The number of carbonyl (C=O) groups excluding carboxylic acids is 1. The Morgan fingerprint density at radius 1 is 1.25 bits per heavy atom. The first-order valence-electron chi connectivity index (χ1n) is 9.58. The molecule has 1 fully saturated rings. The SMILES string of the molecule is CSCCn1c(=O)n(C2CCN(C(=O)OC(C)(C)C)CC2)c2ccc(Cl)cc21. The summed E-state index contributed by atoms with van der Waals surface area (Å²) in [5.41, 5.74) is 1.28. The van der Waals surface area contributed by atoms with Gasteiger partial charge in [0, 0.05) is 36.5 Å². The number of hydrogen-bond acceptors (Lipinski definition) is 4. The zero-order valence-electron chi connectivity index (χ0n) is 16.9. The molecule has 0 radical (unpaired) electrons. The third kappa shape index (κ3) is 4.51. The molecule has 0 aliphatic carbocycles. The van der Waals surface area contributed by atoms with Crippen molar-refractivity contribution < 1.29 is 9.53 Å². The Kier molecular flexibility index (Phi) is 6.34. The number of nitrogens with zero attached hydrogens (tertiary/aromatic N) is 3. The number of benzene rings is 1. The predicted molar refractivity (Wildman–Crippen MR) is 116 cm³/mol. The van der Waals surface area contributed by atoms with E-state index >= 15 is 0 Å². The van der Waals surface area contributed by atoms with E-state index in [4.69, 9.17) is 16.3 Å². The minimum Gasteiger partial charge on any atom is -0.444 e. The molecule has 1 amide bonds. The Bertz CT molecular complexity index is 908. The Hall–Kier alpha value is -1.60. The van der Waals surface area contributed by atoms with E-state index in [0.717, 1.165) is 29.6 Å². The normalized spacial score (nSPS) is 16.0. The molecule has 8 heteroatoms. The van der Waals surface area contributed by atoms with E-state index < -0.39 is 5.60 Å².